The fourth-order valence-corrected chi connectivity index (χ4v) is 3.06. The number of nitriles is 1. The average molecular weight is 342 g/mol. The van der Waals surface area contributed by atoms with E-state index in [1.807, 2.05) is 18.3 Å². The number of nitrogens with one attached hydrogen (secondary N) is 1. The first-order chi connectivity index (χ1) is 12.7. The maximum Gasteiger partial charge on any atom is 0.227 e. The predicted octanol–water partition coefficient (Wildman–Crippen LogP) is 3.36. The van der Waals surface area contributed by atoms with Gasteiger partial charge in [0.05, 0.1) is 11.3 Å². The van der Waals surface area contributed by atoms with Gasteiger partial charge in [-0.1, -0.05) is 17.7 Å². The highest BCUT2D eigenvalue weighted by Gasteiger charge is 2.21. The van der Waals surface area contributed by atoms with Crippen LogP contribution in [0.4, 0.5) is 17.5 Å². The Morgan fingerprint density at radius 3 is 2.81 bits per heavy atom. The fourth-order valence-electron chi connectivity index (χ4n) is 3.06. The van der Waals surface area contributed by atoms with Crippen molar-refractivity contribution in [3.8, 4) is 6.07 Å². The molecule has 0 spiro atoms. The van der Waals surface area contributed by atoms with Gasteiger partial charge in [0.2, 0.25) is 5.95 Å². The summed E-state index contributed by atoms with van der Waals surface area (Å²) in [6, 6.07) is 13.9. The van der Waals surface area contributed by atoms with Crippen molar-refractivity contribution in [3.05, 3.63) is 71.2 Å². The quantitative estimate of drug-likeness (QED) is 0.786. The fraction of sp³-hybridized carbons (Fsp3) is 0.200. The van der Waals surface area contributed by atoms with Gasteiger partial charge in [0.15, 0.2) is 0 Å². The normalized spacial score (nSPS) is 13.0. The third kappa shape index (κ3) is 3.20. The second kappa shape index (κ2) is 6.81. The first-order valence-electron chi connectivity index (χ1n) is 8.51. The molecule has 0 atom stereocenters. The van der Waals surface area contributed by atoms with Gasteiger partial charge in [-0.3, -0.25) is 0 Å². The van der Waals surface area contributed by atoms with Crippen LogP contribution in [0.2, 0.25) is 0 Å². The zero-order chi connectivity index (χ0) is 17.9. The molecule has 0 amide bonds. The van der Waals surface area contributed by atoms with Crippen LogP contribution in [0, 0.1) is 18.3 Å². The number of hydrogen-bond donors (Lipinski definition) is 1. The van der Waals surface area contributed by atoms with E-state index in [1.54, 1.807) is 18.3 Å². The van der Waals surface area contributed by atoms with Gasteiger partial charge in [-0.05, 0) is 31.2 Å². The molecule has 0 unspecified atom stereocenters. The topological polar surface area (TPSA) is 77.7 Å². The van der Waals surface area contributed by atoms with Crippen LogP contribution >= 0.6 is 0 Å². The van der Waals surface area contributed by atoms with E-state index < -0.39 is 0 Å². The molecule has 128 valence electrons. The van der Waals surface area contributed by atoms with Crippen LogP contribution in [-0.4, -0.2) is 21.5 Å². The number of nitrogens with zero attached hydrogens (tertiary/aromatic N) is 5. The molecule has 3 heterocycles. The van der Waals surface area contributed by atoms with Crippen LogP contribution in [0.1, 0.15) is 22.4 Å². The van der Waals surface area contributed by atoms with Crippen molar-refractivity contribution in [2.24, 2.45) is 0 Å². The number of hydrogen-bond acceptors (Lipinski definition) is 6. The number of benzene rings is 1. The Bertz CT molecular complexity index is 974. The minimum absolute atomic E-state index is 0.592. The molecule has 0 saturated carbocycles. The van der Waals surface area contributed by atoms with Crippen LogP contribution in [-0.2, 0) is 13.0 Å². The lowest BCUT2D eigenvalue weighted by Crippen LogP contribution is -2.32. The molecule has 0 bridgehead atoms. The lowest BCUT2D eigenvalue weighted by molar-refractivity contribution is 0.697. The SMILES string of the molecule is Cc1ccc(Nc2ncc3c(n2)CCN(c2ncccc2C#N)C3)cc1. The van der Waals surface area contributed by atoms with E-state index in [9.17, 15) is 5.26 Å². The third-order valence-electron chi connectivity index (χ3n) is 4.45. The van der Waals surface area contributed by atoms with E-state index in [2.05, 4.69) is 50.3 Å². The standard InChI is InChI=1S/C20H18N6/c1-14-4-6-17(7-5-14)24-20-23-12-16-13-26(10-8-18(16)25-20)19-15(11-21)3-2-9-22-19/h2-7,9,12H,8,10,13H2,1H3,(H,23,24,25). The zero-order valence-electron chi connectivity index (χ0n) is 14.5. The molecule has 4 rings (SSSR count). The van der Waals surface area contributed by atoms with Gasteiger partial charge in [0, 0.05) is 43.2 Å². The molecule has 3 aromatic rings. The molecule has 2 aromatic heterocycles. The van der Waals surface area contributed by atoms with Crippen LogP contribution in [0.3, 0.4) is 0 Å². The van der Waals surface area contributed by atoms with Crippen LogP contribution < -0.4 is 10.2 Å². The number of aromatic nitrogens is 3. The second-order valence-corrected chi connectivity index (χ2v) is 6.31. The smallest absolute Gasteiger partial charge is 0.227 e. The van der Waals surface area contributed by atoms with E-state index in [0.29, 0.717) is 18.1 Å². The molecular weight excluding hydrogens is 324 g/mol. The Morgan fingerprint density at radius 2 is 2.00 bits per heavy atom. The predicted molar refractivity (Wildman–Crippen MR) is 100 cm³/mol. The Kier molecular flexibility index (Phi) is 4.20. The van der Waals surface area contributed by atoms with Gasteiger partial charge in [-0.2, -0.15) is 5.26 Å². The molecule has 1 aliphatic rings. The maximum atomic E-state index is 9.29. The van der Waals surface area contributed by atoms with Crippen molar-refractivity contribution < 1.29 is 0 Å². The molecule has 1 aromatic carbocycles. The Morgan fingerprint density at radius 1 is 1.15 bits per heavy atom. The number of fused-ring (bicyclic) bond motifs is 1. The molecule has 0 fully saturated rings. The molecule has 0 radical (unpaired) electrons. The van der Waals surface area contributed by atoms with Crippen LogP contribution in [0.15, 0.2) is 48.8 Å². The second-order valence-electron chi connectivity index (χ2n) is 6.31. The molecule has 1 N–H and O–H groups in total. The highest BCUT2D eigenvalue weighted by molar-refractivity contribution is 5.56. The Hall–Kier alpha value is -3.46. The van der Waals surface area contributed by atoms with E-state index in [1.165, 1.54) is 5.56 Å². The highest BCUT2D eigenvalue weighted by Crippen LogP contribution is 2.25. The number of pyridine rings is 1. The van der Waals surface area contributed by atoms with Crippen molar-refractivity contribution in [2.45, 2.75) is 19.9 Å². The maximum absolute atomic E-state index is 9.29. The number of aryl methyl sites for hydroxylation is 1. The van der Waals surface area contributed by atoms with Crippen LogP contribution in [0.5, 0.6) is 0 Å². The molecule has 26 heavy (non-hydrogen) atoms. The van der Waals surface area contributed by atoms with E-state index in [0.717, 1.165) is 35.7 Å². The van der Waals surface area contributed by atoms with Crippen molar-refractivity contribution in [1.29, 1.82) is 5.26 Å². The van der Waals surface area contributed by atoms with Crippen molar-refractivity contribution >= 4 is 17.5 Å². The van der Waals surface area contributed by atoms with Gasteiger partial charge in [0.1, 0.15) is 11.9 Å². The van der Waals surface area contributed by atoms with Gasteiger partial charge < -0.3 is 10.2 Å². The van der Waals surface area contributed by atoms with Gasteiger partial charge >= 0.3 is 0 Å². The number of anilines is 3. The summed E-state index contributed by atoms with van der Waals surface area (Å²) >= 11 is 0. The third-order valence-corrected chi connectivity index (χ3v) is 4.45. The molecular formula is C20H18N6. The summed E-state index contributed by atoms with van der Waals surface area (Å²) in [4.78, 5) is 15.6. The molecule has 6 heteroatoms. The Labute approximate surface area is 152 Å². The summed E-state index contributed by atoms with van der Waals surface area (Å²) in [5.41, 5.74) is 4.89. The molecule has 6 nitrogen and oxygen atoms in total. The first kappa shape index (κ1) is 16.0. The van der Waals surface area contributed by atoms with E-state index in [-0.39, 0.29) is 0 Å². The average Bonchev–Trinajstić information content (AvgIpc) is 2.69. The van der Waals surface area contributed by atoms with Gasteiger partial charge in [-0.25, -0.2) is 15.0 Å². The molecule has 1 aliphatic heterocycles. The van der Waals surface area contributed by atoms with Crippen molar-refractivity contribution in [3.63, 3.8) is 0 Å². The summed E-state index contributed by atoms with van der Waals surface area (Å²) in [6.45, 7) is 3.50. The summed E-state index contributed by atoms with van der Waals surface area (Å²) in [5, 5.41) is 12.5. The molecule has 0 aliphatic carbocycles. The lowest BCUT2D eigenvalue weighted by atomic mass is 10.1. The summed E-state index contributed by atoms with van der Waals surface area (Å²) in [6.07, 6.45) is 4.37. The van der Waals surface area contributed by atoms with Crippen molar-refractivity contribution in [1.82, 2.24) is 15.0 Å². The number of rotatable bonds is 3. The van der Waals surface area contributed by atoms with Gasteiger partial charge in [0.25, 0.3) is 0 Å². The Balaban J connectivity index is 1.54. The summed E-state index contributed by atoms with van der Waals surface area (Å²) in [7, 11) is 0. The minimum atomic E-state index is 0.592. The summed E-state index contributed by atoms with van der Waals surface area (Å²) in [5.74, 6) is 1.33. The van der Waals surface area contributed by atoms with E-state index >= 15 is 0 Å². The molecule has 0 saturated heterocycles. The zero-order valence-corrected chi connectivity index (χ0v) is 14.5. The monoisotopic (exact) mass is 342 g/mol. The summed E-state index contributed by atoms with van der Waals surface area (Å²) < 4.78 is 0. The lowest BCUT2D eigenvalue weighted by Gasteiger charge is -2.29. The first-order valence-corrected chi connectivity index (χ1v) is 8.51. The largest absolute Gasteiger partial charge is 0.351 e. The van der Waals surface area contributed by atoms with Crippen LogP contribution in [0.25, 0.3) is 0 Å². The van der Waals surface area contributed by atoms with Gasteiger partial charge in [-0.15, -0.1) is 0 Å². The van der Waals surface area contributed by atoms with Crippen molar-refractivity contribution in [2.75, 3.05) is 16.8 Å². The van der Waals surface area contributed by atoms with E-state index in [4.69, 9.17) is 0 Å². The minimum Gasteiger partial charge on any atom is -0.351 e. The highest BCUT2D eigenvalue weighted by atomic mass is 15.2.